The standard InChI is InChI=1S/C19H17BrN2/c20-18-7-2-1-6-17(18)19(22-11-10-21-13-22)16-9-8-14-4-3-5-15(14)12-16/h1-2,6-13,19H,3-5H2. The molecule has 1 aliphatic rings. The number of halogens is 1. The Kier molecular flexibility index (Phi) is 3.59. The molecule has 0 radical (unpaired) electrons. The Labute approximate surface area is 139 Å². The van der Waals surface area contributed by atoms with Gasteiger partial charge in [0.25, 0.3) is 0 Å². The van der Waals surface area contributed by atoms with Gasteiger partial charge in [-0.1, -0.05) is 52.3 Å². The summed E-state index contributed by atoms with van der Waals surface area (Å²) in [6, 6.07) is 15.6. The molecule has 0 fully saturated rings. The molecule has 22 heavy (non-hydrogen) atoms. The number of aromatic nitrogens is 2. The van der Waals surface area contributed by atoms with Gasteiger partial charge in [0.05, 0.1) is 12.4 Å². The van der Waals surface area contributed by atoms with E-state index in [1.165, 1.54) is 41.5 Å². The first-order valence-corrected chi connectivity index (χ1v) is 8.46. The molecule has 3 aromatic rings. The van der Waals surface area contributed by atoms with Gasteiger partial charge in [-0.15, -0.1) is 0 Å². The van der Waals surface area contributed by atoms with E-state index < -0.39 is 0 Å². The van der Waals surface area contributed by atoms with Gasteiger partial charge >= 0.3 is 0 Å². The van der Waals surface area contributed by atoms with Crippen LogP contribution in [0.3, 0.4) is 0 Å². The number of aryl methyl sites for hydroxylation is 2. The third kappa shape index (κ3) is 2.40. The molecule has 0 N–H and O–H groups in total. The van der Waals surface area contributed by atoms with Crippen molar-refractivity contribution < 1.29 is 0 Å². The summed E-state index contributed by atoms with van der Waals surface area (Å²) >= 11 is 3.71. The highest BCUT2D eigenvalue weighted by Gasteiger charge is 2.20. The van der Waals surface area contributed by atoms with Crippen LogP contribution in [0.5, 0.6) is 0 Å². The molecule has 0 amide bonds. The Morgan fingerprint density at radius 1 is 1.05 bits per heavy atom. The van der Waals surface area contributed by atoms with Crippen molar-refractivity contribution >= 4 is 15.9 Å². The van der Waals surface area contributed by atoms with Crippen LogP contribution in [-0.4, -0.2) is 9.55 Å². The minimum Gasteiger partial charge on any atom is -0.326 e. The van der Waals surface area contributed by atoms with Gasteiger partial charge in [0.2, 0.25) is 0 Å². The number of hydrogen-bond acceptors (Lipinski definition) is 1. The minimum atomic E-state index is 0.156. The average Bonchev–Trinajstić information content (AvgIpc) is 3.20. The van der Waals surface area contributed by atoms with Gasteiger partial charge in [0, 0.05) is 16.9 Å². The van der Waals surface area contributed by atoms with Crippen LogP contribution in [-0.2, 0) is 12.8 Å². The van der Waals surface area contributed by atoms with Gasteiger partial charge in [-0.2, -0.15) is 0 Å². The molecule has 110 valence electrons. The van der Waals surface area contributed by atoms with E-state index in [0.717, 1.165) is 4.47 Å². The van der Waals surface area contributed by atoms with Crippen molar-refractivity contribution in [2.75, 3.05) is 0 Å². The summed E-state index contributed by atoms with van der Waals surface area (Å²) in [4.78, 5) is 4.24. The zero-order valence-electron chi connectivity index (χ0n) is 12.2. The maximum atomic E-state index is 4.24. The third-order valence-corrected chi connectivity index (χ3v) is 5.18. The number of imidazole rings is 1. The van der Waals surface area contributed by atoms with Crippen LogP contribution in [0.2, 0.25) is 0 Å². The molecule has 1 atom stereocenters. The van der Waals surface area contributed by atoms with Crippen LogP contribution in [0, 0.1) is 0 Å². The zero-order valence-corrected chi connectivity index (χ0v) is 13.8. The monoisotopic (exact) mass is 352 g/mol. The second kappa shape index (κ2) is 5.73. The van der Waals surface area contributed by atoms with Gasteiger partial charge < -0.3 is 4.57 Å². The van der Waals surface area contributed by atoms with E-state index in [1.807, 2.05) is 18.7 Å². The summed E-state index contributed by atoms with van der Waals surface area (Å²) in [5, 5.41) is 0. The van der Waals surface area contributed by atoms with Crippen LogP contribution in [0.4, 0.5) is 0 Å². The first-order valence-electron chi connectivity index (χ1n) is 7.66. The SMILES string of the molecule is Brc1ccccc1C(c1ccc2c(c1)CCC2)n1ccnc1. The lowest BCUT2D eigenvalue weighted by atomic mass is 9.95. The van der Waals surface area contributed by atoms with Gasteiger partial charge in [-0.3, -0.25) is 0 Å². The highest BCUT2D eigenvalue weighted by Crippen LogP contribution is 2.34. The number of benzene rings is 2. The molecular weight excluding hydrogens is 336 g/mol. The number of rotatable bonds is 3. The maximum absolute atomic E-state index is 4.24. The Morgan fingerprint density at radius 2 is 1.91 bits per heavy atom. The average molecular weight is 353 g/mol. The normalized spacial score (nSPS) is 14.8. The fourth-order valence-electron chi connectivity index (χ4n) is 3.39. The van der Waals surface area contributed by atoms with Crippen molar-refractivity contribution in [1.82, 2.24) is 9.55 Å². The van der Waals surface area contributed by atoms with Crippen molar-refractivity contribution in [2.24, 2.45) is 0 Å². The number of nitrogens with zero attached hydrogens (tertiary/aromatic N) is 2. The molecular formula is C19H17BrN2. The minimum absolute atomic E-state index is 0.156. The molecule has 0 saturated carbocycles. The van der Waals surface area contributed by atoms with Gasteiger partial charge in [0.1, 0.15) is 0 Å². The summed E-state index contributed by atoms with van der Waals surface area (Å²) in [6.07, 6.45) is 9.49. The van der Waals surface area contributed by atoms with E-state index in [4.69, 9.17) is 0 Å². The van der Waals surface area contributed by atoms with Crippen LogP contribution < -0.4 is 0 Å². The Hall–Kier alpha value is -1.87. The highest BCUT2D eigenvalue weighted by atomic mass is 79.9. The van der Waals surface area contributed by atoms with E-state index in [2.05, 4.69) is 67.9 Å². The van der Waals surface area contributed by atoms with Crippen LogP contribution >= 0.6 is 15.9 Å². The molecule has 4 rings (SSSR count). The Morgan fingerprint density at radius 3 is 2.73 bits per heavy atom. The number of hydrogen-bond donors (Lipinski definition) is 0. The molecule has 1 aromatic heterocycles. The quantitative estimate of drug-likeness (QED) is 0.663. The third-order valence-electron chi connectivity index (χ3n) is 4.46. The van der Waals surface area contributed by atoms with Crippen LogP contribution in [0.15, 0.2) is 65.7 Å². The summed E-state index contributed by atoms with van der Waals surface area (Å²) in [6.45, 7) is 0. The first-order chi connectivity index (χ1) is 10.8. The summed E-state index contributed by atoms with van der Waals surface area (Å²) < 4.78 is 3.31. The van der Waals surface area contributed by atoms with Gasteiger partial charge in [0.15, 0.2) is 0 Å². The largest absolute Gasteiger partial charge is 0.326 e. The predicted octanol–water partition coefficient (Wildman–Crippen LogP) is 4.77. The fourth-order valence-corrected chi connectivity index (χ4v) is 3.89. The first kappa shape index (κ1) is 13.8. The van der Waals surface area contributed by atoms with E-state index in [0.29, 0.717) is 0 Å². The maximum Gasteiger partial charge on any atom is 0.0954 e. The lowest BCUT2D eigenvalue weighted by Crippen LogP contribution is -2.11. The summed E-state index contributed by atoms with van der Waals surface area (Å²) in [7, 11) is 0. The Balaban J connectivity index is 1.87. The molecule has 2 nitrogen and oxygen atoms in total. The van der Waals surface area contributed by atoms with E-state index in [1.54, 1.807) is 0 Å². The molecule has 0 aliphatic heterocycles. The van der Waals surface area contributed by atoms with Crippen molar-refractivity contribution in [1.29, 1.82) is 0 Å². The van der Waals surface area contributed by atoms with E-state index in [-0.39, 0.29) is 6.04 Å². The molecule has 3 heteroatoms. The molecule has 1 aliphatic carbocycles. The second-order valence-electron chi connectivity index (χ2n) is 5.82. The molecule has 0 bridgehead atoms. The van der Waals surface area contributed by atoms with Crippen molar-refractivity contribution in [3.8, 4) is 0 Å². The zero-order chi connectivity index (χ0) is 14.9. The molecule has 1 unspecified atom stereocenters. The fraction of sp³-hybridized carbons (Fsp3) is 0.211. The van der Waals surface area contributed by atoms with Crippen LogP contribution in [0.25, 0.3) is 0 Å². The van der Waals surface area contributed by atoms with Gasteiger partial charge in [-0.25, -0.2) is 4.98 Å². The van der Waals surface area contributed by atoms with Crippen molar-refractivity contribution in [2.45, 2.75) is 25.3 Å². The lowest BCUT2D eigenvalue weighted by Gasteiger charge is -2.21. The molecule has 2 aromatic carbocycles. The smallest absolute Gasteiger partial charge is 0.0954 e. The second-order valence-corrected chi connectivity index (χ2v) is 6.67. The lowest BCUT2D eigenvalue weighted by molar-refractivity contribution is 0.673. The highest BCUT2D eigenvalue weighted by molar-refractivity contribution is 9.10. The van der Waals surface area contributed by atoms with Gasteiger partial charge in [-0.05, 0) is 47.6 Å². The van der Waals surface area contributed by atoms with E-state index in [9.17, 15) is 0 Å². The van der Waals surface area contributed by atoms with Crippen molar-refractivity contribution in [3.05, 3.63) is 87.9 Å². The van der Waals surface area contributed by atoms with Crippen molar-refractivity contribution in [3.63, 3.8) is 0 Å². The molecule has 0 saturated heterocycles. The molecule has 1 heterocycles. The van der Waals surface area contributed by atoms with Crippen LogP contribution in [0.1, 0.15) is 34.7 Å². The Bertz CT molecular complexity index is 793. The summed E-state index contributed by atoms with van der Waals surface area (Å²) in [5.74, 6) is 0. The predicted molar refractivity (Wildman–Crippen MR) is 92.1 cm³/mol. The van der Waals surface area contributed by atoms with E-state index >= 15 is 0 Å². The number of fused-ring (bicyclic) bond motifs is 1. The summed E-state index contributed by atoms with van der Waals surface area (Å²) in [5.41, 5.74) is 5.61. The molecule has 0 spiro atoms. The topological polar surface area (TPSA) is 17.8 Å².